The molecule has 0 saturated heterocycles. The summed E-state index contributed by atoms with van der Waals surface area (Å²) in [5.74, 6) is 0. The number of fused-ring (bicyclic) bond motifs is 1. The molecule has 144 valence electrons. The molecule has 2 aliphatic heterocycles. The average Bonchev–Trinajstić information content (AvgIpc) is 3.36. The fourth-order valence-corrected chi connectivity index (χ4v) is 3.09. The molecular weight excluding hydrogens is 366 g/mol. The van der Waals surface area contributed by atoms with Gasteiger partial charge in [-0.05, 0) is 18.1 Å². The van der Waals surface area contributed by atoms with Gasteiger partial charge in [0.25, 0.3) is 0 Å². The largest absolute Gasteiger partial charge is 0.303 e. The van der Waals surface area contributed by atoms with Crippen LogP contribution in [0.5, 0.6) is 0 Å². The highest BCUT2D eigenvalue weighted by Crippen LogP contribution is 2.26. The number of nitrogens with one attached hydrogen (secondary N) is 2. The number of hydrogen-bond donors (Lipinski definition) is 2. The molecular formula is C20H19N9. The van der Waals surface area contributed by atoms with Crippen molar-refractivity contribution in [3.8, 4) is 12.1 Å². The van der Waals surface area contributed by atoms with E-state index in [9.17, 15) is 5.26 Å². The number of aliphatic imine (C=N–C) groups is 1. The average molecular weight is 385 g/mol. The van der Waals surface area contributed by atoms with E-state index in [0.29, 0.717) is 25.1 Å². The molecule has 29 heavy (non-hydrogen) atoms. The SMILES string of the molecule is N#CCCCn1cc(NN2C=NC3=CNN(Cc4ccccc4C#N)C3=C2)cn1. The fraction of sp³-hybridized carbons (Fsp3) is 0.200. The maximum atomic E-state index is 9.32. The van der Waals surface area contributed by atoms with Crippen LogP contribution in [-0.4, -0.2) is 26.1 Å². The van der Waals surface area contributed by atoms with Crippen molar-refractivity contribution in [3.63, 3.8) is 0 Å². The van der Waals surface area contributed by atoms with Gasteiger partial charge in [-0.3, -0.25) is 15.1 Å². The van der Waals surface area contributed by atoms with Crippen LogP contribution in [0.4, 0.5) is 5.69 Å². The lowest BCUT2D eigenvalue weighted by Crippen LogP contribution is -2.32. The Bertz CT molecular complexity index is 1060. The highest BCUT2D eigenvalue weighted by Gasteiger charge is 2.24. The zero-order chi connectivity index (χ0) is 20.1. The van der Waals surface area contributed by atoms with Gasteiger partial charge < -0.3 is 5.43 Å². The minimum Gasteiger partial charge on any atom is -0.303 e. The molecule has 0 saturated carbocycles. The van der Waals surface area contributed by atoms with Crippen LogP contribution in [0, 0.1) is 22.7 Å². The second-order valence-corrected chi connectivity index (χ2v) is 6.55. The van der Waals surface area contributed by atoms with Crippen molar-refractivity contribution < 1.29 is 0 Å². The predicted octanol–water partition coefficient (Wildman–Crippen LogP) is 2.43. The van der Waals surface area contributed by atoms with Crippen LogP contribution in [0.1, 0.15) is 24.0 Å². The second-order valence-electron chi connectivity index (χ2n) is 6.55. The molecule has 1 aromatic heterocycles. The summed E-state index contributed by atoms with van der Waals surface area (Å²) in [5.41, 5.74) is 10.6. The number of aryl methyl sites for hydroxylation is 1. The van der Waals surface area contributed by atoms with Crippen LogP contribution < -0.4 is 10.9 Å². The van der Waals surface area contributed by atoms with E-state index in [4.69, 9.17) is 5.26 Å². The van der Waals surface area contributed by atoms with E-state index in [1.807, 2.05) is 52.6 Å². The number of benzene rings is 1. The number of aromatic nitrogens is 2. The molecule has 0 aliphatic carbocycles. The Balaban J connectivity index is 1.44. The van der Waals surface area contributed by atoms with Gasteiger partial charge in [-0.25, -0.2) is 10.0 Å². The molecule has 9 heteroatoms. The molecule has 0 radical (unpaired) electrons. The molecule has 1 aromatic carbocycles. The van der Waals surface area contributed by atoms with Crippen molar-refractivity contribution in [2.45, 2.75) is 25.9 Å². The van der Waals surface area contributed by atoms with E-state index < -0.39 is 0 Å². The normalized spacial score (nSPS) is 14.4. The van der Waals surface area contributed by atoms with Crippen LogP contribution >= 0.6 is 0 Å². The molecule has 0 amide bonds. The summed E-state index contributed by atoms with van der Waals surface area (Å²) in [6.07, 6.45) is 10.4. The van der Waals surface area contributed by atoms with E-state index >= 15 is 0 Å². The van der Waals surface area contributed by atoms with Gasteiger partial charge in [0.05, 0.1) is 42.3 Å². The second kappa shape index (κ2) is 8.19. The Morgan fingerprint density at radius 1 is 1.21 bits per heavy atom. The Kier molecular flexibility index (Phi) is 5.12. The Labute approximate surface area is 168 Å². The quantitative estimate of drug-likeness (QED) is 0.705. The van der Waals surface area contributed by atoms with E-state index in [0.717, 1.165) is 29.1 Å². The minimum absolute atomic E-state index is 0.514. The molecule has 0 fully saturated rings. The number of nitriles is 2. The van der Waals surface area contributed by atoms with E-state index in [1.165, 1.54) is 0 Å². The third kappa shape index (κ3) is 4.04. The topological polar surface area (TPSA) is 108 Å². The molecule has 2 N–H and O–H groups in total. The van der Waals surface area contributed by atoms with Gasteiger partial charge >= 0.3 is 0 Å². The number of nitrogens with zero attached hydrogens (tertiary/aromatic N) is 7. The first kappa shape index (κ1) is 18.1. The molecule has 0 spiro atoms. The summed E-state index contributed by atoms with van der Waals surface area (Å²) in [4.78, 5) is 4.47. The zero-order valence-corrected chi connectivity index (χ0v) is 15.7. The monoisotopic (exact) mass is 385 g/mol. The van der Waals surface area contributed by atoms with Gasteiger partial charge in [-0.2, -0.15) is 15.6 Å². The van der Waals surface area contributed by atoms with Crippen LogP contribution in [0.15, 0.2) is 65.4 Å². The summed E-state index contributed by atoms with van der Waals surface area (Å²) < 4.78 is 1.81. The molecule has 0 atom stereocenters. The number of unbranched alkanes of at least 4 members (excludes halogenated alkanes) is 1. The van der Waals surface area contributed by atoms with Gasteiger partial charge in [0, 0.05) is 25.4 Å². The fourth-order valence-electron chi connectivity index (χ4n) is 3.09. The lowest BCUT2D eigenvalue weighted by atomic mass is 10.1. The molecule has 0 bridgehead atoms. The smallest absolute Gasteiger partial charge is 0.115 e. The summed E-state index contributed by atoms with van der Waals surface area (Å²) in [7, 11) is 0. The Hall–Kier alpha value is -4.24. The summed E-state index contributed by atoms with van der Waals surface area (Å²) in [6, 6.07) is 11.9. The van der Waals surface area contributed by atoms with Crippen LogP contribution in [0.2, 0.25) is 0 Å². The van der Waals surface area contributed by atoms with Crippen molar-refractivity contribution in [2.75, 3.05) is 5.43 Å². The molecule has 4 rings (SSSR count). The van der Waals surface area contributed by atoms with Gasteiger partial charge in [0.1, 0.15) is 17.7 Å². The van der Waals surface area contributed by atoms with Crippen LogP contribution in [0.25, 0.3) is 0 Å². The molecule has 3 heterocycles. The number of anilines is 1. The third-order valence-electron chi connectivity index (χ3n) is 4.53. The van der Waals surface area contributed by atoms with Gasteiger partial charge in [-0.1, -0.05) is 18.2 Å². The summed E-state index contributed by atoms with van der Waals surface area (Å²) in [6.45, 7) is 1.24. The maximum absolute atomic E-state index is 9.32. The standard InChI is InChI=1S/C20H19N9/c21-7-3-4-8-27-13-18(10-24-27)26-28-14-20-19(23-15-28)11-25-29(20)12-17-6-2-1-5-16(17)9-22/h1-2,5-6,10-11,13-15,25-26H,3-4,8,12H2. The van der Waals surface area contributed by atoms with Gasteiger partial charge in [-0.15, -0.1) is 0 Å². The lowest BCUT2D eigenvalue weighted by molar-refractivity contribution is 0.298. The maximum Gasteiger partial charge on any atom is 0.115 e. The number of hydrogen-bond acceptors (Lipinski definition) is 8. The van der Waals surface area contributed by atoms with Gasteiger partial charge in [0.2, 0.25) is 0 Å². The summed E-state index contributed by atoms with van der Waals surface area (Å²) >= 11 is 0. The van der Waals surface area contributed by atoms with Crippen LogP contribution in [-0.2, 0) is 13.1 Å². The number of hydrazine groups is 2. The molecule has 2 aromatic rings. The van der Waals surface area contributed by atoms with E-state index in [-0.39, 0.29) is 0 Å². The van der Waals surface area contributed by atoms with Crippen molar-refractivity contribution in [1.82, 2.24) is 25.2 Å². The summed E-state index contributed by atoms with van der Waals surface area (Å²) in [5, 5.41) is 26.0. The predicted molar refractivity (Wildman–Crippen MR) is 107 cm³/mol. The van der Waals surface area contributed by atoms with Crippen molar-refractivity contribution in [2.24, 2.45) is 4.99 Å². The Morgan fingerprint density at radius 2 is 2.10 bits per heavy atom. The minimum atomic E-state index is 0.514. The lowest BCUT2D eigenvalue weighted by Gasteiger charge is -2.26. The highest BCUT2D eigenvalue weighted by molar-refractivity contribution is 5.66. The van der Waals surface area contributed by atoms with E-state index in [1.54, 1.807) is 17.5 Å². The Morgan fingerprint density at radius 3 is 2.97 bits per heavy atom. The highest BCUT2D eigenvalue weighted by atomic mass is 15.6. The first-order valence-electron chi connectivity index (χ1n) is 9.19. The zero-order valence-electron chi connectivity index (χ0n) is 15.7. The van der Waals surface area contributed by atoms with Crippen molar-refractivity contribution >= 4 is 12.0 Å². The van der Waals surface area contributed by atoms with Crippen molar-refractivity contribution in [3.05, 3.63) is 71.6 Å². The van der Waals surface area contributed by atoms with Crippen molar-refractivity contribution in [1.29, 1.82) is 10.5 Å². The third-order valence-corrected chi connectivity index (χ3v) is 4.53. The first-order chi connectivity index (χ1) is 14.3. The molecule has 2 aliphatic rings. The van der Waals surface area contributed by atoms with Gasteiger partial charge in [0.15, 0.2) is 0 Å². The number of rotatable bonds is 7. The van der Waals surface area contributed by atoms with Crippen LogP contribution in [0.3, 0.4) is 0 Å². The first-order valence-corrected chi connectivity index (χ1v) is 9.19. The molecule has 9 nitrogen and oxygen atoms in total. The van der Waals surface area contributed by atoms with E-state index in [2.05, 4.69) is 33.1 Å². The molecule has 0 unspecified atom stereocenters.